The summed E-state index contributed by atoms with van der Waals surface area (Å²) in [6.07, 6.45) is 0.893. The first-order valence-corrected chi connectivity index (χ1v) is 9.81. The number of nitrogens with zero attached hydrogens (tertiary/aromatic N) is 5. The molecular weight excluding hydrogens is 411 g/mol. The molecular formula is C20H20F3N7O. The molecule has 2 N–H and O–H groups in total. The number of fused-ring (bicyclic) bond motifs is 1. The van der Waals surface area contributed by atoms with Crippen molar-refractivity contribution in [2.45, 2.75) is 43.9 Å². The van der Waals surface area contributed by atoms with Gasteiger partial charge in [-0.2, -0.15) is 23.5 Å². The van der Waals surface area contributed by atoms with Gasteiger partial charge in [-0.1, -0.05) is 6.07 Å². The van der Waals surface area contributed by atoms with E-state index in [0.29, 0.717) is 18.7 Å². The van der Waals surface area contributed by atoms with Gasteiger partial charge in [0.1, 0.15) is 17.5 Å². The van der Waals surface area contributed by atoms with Crippen molar-refractivity contribution >= 4 is 17.4 Å². The van der Waals surface area contributed by atoms with Crippen LogP contribution >= 0.6 is 0 Å². The highest BCUT2D eigenvalue weighted by Gasteiger charge is 2.34. The number of carbonyl (C=O) groups is 1. The molecule has 3 heterocycles. The summed E-state index contributed by atoms with van der Waals surface area (Å²) < 4.78 is 41.8. The van der Waals surface area contributed by atoms with Gasteiger partial charge in [0.15, 0.2) is 11.4 Å². The summed E-state index contributed by atoms with van der Waals surface area (Å²) in [5, 5.41) is 19.3. The maximum absolute atomic E-state index is 13.0. The molecule has 3 aromatic heterocycles. The molecule has 1 aliphatic rings. The van der Waals surface area contributed by atoms with Crippen LogP contribution in [0.3, 0.4) is 0 Å². The normalized spacial score (nSPS) is 19.2. The van der Waals surface area contributed by atoms with Crippen LogP contribution in [0.2, 0.25) is 0 Å². The third-order valence-corrected chi connectivity index (χ3v) is 5.38. The second kappa shape index (κ2) is 7.94. The monoisotopic (exact) mass is 431 g/mol. The Morgan fingerprint density at radius 1 is 1.19 bits per heavy atom. The Morgan fingerprint density at radius 3 is 2.58 bits per heavy atom. The lowest BCUT2D eigenvalue weighted by molar-refractivity contribution is -0.140. The zero-order chi connectivity index (χ0) is 22.2. The second-order valence-electron chi connectivity index (χ2n) is 7.61. The first-order valence-electron chi connectivity index (χ1n) is 9.81. The average molecular weight is 431 g/mol. The number of hydrogen-bond acceptors (Lipinski definition) is 5. The number of rotatable bonds is 4. The molecule has 0 spiro atoms. The predicted octanol–water partition coefficient (Wildman–Crippen LogP) is 3.11. The van der Waals surface area contributed by atoms with Crippen molar-refractivity contribution in [2.24, 2.45) is 7.05 Å². The van der Waals surface area contributed by atoms with Gasteiger partial charge < -0.3 is 10.6 Å². The summed E-state index contributed by atoms with van der Waals surface area (Å²) in [7, 11) is 1.65. The minimum absolute atomic E-state index is 0.0434. The van der Waals surface area contributed by atoms with Crippen molar-refractivity contribution in [3.05, 3.63) is 47.5 Å². The number of imidazole rings is 1. The summed E-state index contributed by atoms with van der Waals surface area (Å²) in [6.45, 7) is 0. The lowest BCUT2D eigenvalue weighted by atomic mass is 9.91. The number of halogens is 3. The van der Waals surface area contributed by atoms with Gasteiger partial charge in [-0.05, 0) is 37.8 Å². The topological polar surface area (TPSA) is 100 Å². The largest absolute Gasteiger partial charge is 0.434 e. The van der Waals surface area contributed by atoms with E-state index >= 15 is 0 Å². The fourth-order valence-electron chi connectivity index (χ4n) is 3.86. The maximum Gasteiger partial charge on any atom is 0.434 e. The molecule has 3 aromatic rings. The number of alkyl halides is 3. The molecule has 0 radical (unpaired) electrons. The average Bonchev–Trinajstić information content (AvgIpc) is 3.33. The van der Waals surface area contributed by atoms with E-state index in [1.54, 1.807) is 19.2 Å². The van der Waals surface area contributed by atoms with E-state index in [2.05, 4.69) is 20.7 Å². The lowest BCUT2D eigenvalue weighted by Gasteiger charge is -2.30. The summed E-state index contributed by atoms with van der Waals surface area (Å²) in [5.74, 6) is 0.214. The van der Waals surface area contributed by atoms with Gasteiger partial charge >= 0.3 is 6.18 Å². The Kier molecular flexibility index (Phi) is 5.31. The highest BCUT2D eigenvalue weighted by Crippen LogP contribution is 2.30. The Morgan fingerprint density at radius 2 is 1.90 bits per heavy atom. The molecule has 0 aromatic carbocycles. The van der Waals surface area contributed by atoms with Gasteiger partial charge in [0.05, 0.1) is 5.56 Å². The molecule has 8 nitrogen and oxygen atoms in total. The fourth-order valence-corrected chi connectivity index (χ4v) is 3.86. The summed E-state index contributed by atoms with van der Waals surface area (Å²) in [6, 6.07) is 6.84. The molecule has 1 fully saturated rings. The minimum Gasteiger partial charge on any atom is -0.368 e. The maximum atomic E-state index is 13.0. The van der Waals surface area contributed by atoms with E-state index < -0.39 is 11.9 Å². The number of nitrogens with one attached hydrogen (secondary N) is 2. The molecule has 0 aliphatic heterocycles. The van der Waals surface area contributed by atoms with Crippen LogP contribution in [-0.2, 0) is 13.2 Å². The molecule has 4 rings (SSSR count). The molecule has 0 bridgehead atoms. The third-order valence-electron chi connectivity index (χ3n) is 5.38. The van der Waals surface area contributed by atoms with Crippen LogP contribution in [0.4, 0.5) is 19.0 Å². The molecule has 1 amide bonds. The Labute approximate surface area is 175 Å². The van der Waals surface area contributed by atoms with Gasteiger partial charge in [-0.15, -0.1) is 0 Å². The van der Waals surface area contributed by atoms with E-state index in [9.17, 15) is 18.0 Å². The zero-order valence-electron chi connectivity index (χ0n) is 16.6. The van der Waals surface area contributed by atoms with Crippen LogP contribution in [0.25, 0.3) is 5.65 Å². The van der Waals surface area contributed by atoms with E-state index in [4.69, 9.17) is 5.26 Å². The van der Waals surface area contributed by atoms with Gasteiger partial charge in [0, 0.05) is 31.5 Å². The van der Waals surface area contributed by atoms with E-state index in [1.165, 1.54) is 21.3 Å². The van der Waals surface area contributed by atoms with Gasteiger partial charge in [-0.25, -0.2) is 4.98 Å². The zero-order valence-corrected chi connectivity index (χ0v) is 16.6. The van der Waals surface area contributed by atoms with Crippen molar-refractivity contribution in [2.75, 3.05) is 5.32 Å². The van der Waals surface area contributed by atoms with Crippen molar-refractivity contribution in [3.63, 3.8) is 0 Å². The van der Waals surface area contributed by atoms with E-state index in [-0.39, 0.29) is 34.9 Å². The van der Waals surface area contributed by atoms with Crippen LogP contribution in [0, 0.1) is 11.3 Å². The smallest absolute Gasteiger partial charge is 0.368 e. The summed E-state index contributed by atoms with van der Waals surface area (Å²) >= 11 is 0. The molecule has 1 aliphatic carbocycles. The second-order valence-corrected chi connectivity index (χ2v) is 7.61. The van der Waals surface area contributed by atoms with Crippen molar-refractivity contribution in [1.82, 2.24) is 24.5 Å². The first kappa shape index (κ1) is 20.7. The standard InChI is InChI=1S/C20H20F3N7O/c1-29-10-14(15(9-24)28-29)19(31)26-13-7-5-12(6-8-13)25-17-3-2-4-18-27-16(11-30(17)18)20(21,22)23/h2-4,10-13,25H,5-8H2,1H3,(H,26,31)/t12-,13+. The number of anilines is 1. The molecule has 0 atom stereocenters. The van der Waals surface area contributed by atoms with E-state index in [1.807, 2.05) is 6.07 Å². The molecule has 1 saturated carbocycles. The number of aryl methyl sites for hydroxylation is 1. The first-order chi connectivity index (χ1) is 14.7. The molecule has 0 unspecified atom stereocenters. The van der Waals surface area contributed by atoms with Crippen molar-refractivity contribution in [3.8, 4) is 6.07 Å². The predicted molar refractivity (Wildman–Crippen MR) is 105 cm³/mol. The van der Waals surface area contributed by atoms with Crippen LogP contribution in [0.15, 0.2) is 30.6 Å². The van der Waals surface area contributed by atoms with Crippen LogP contribution in [-0.4, -0.2) is 37.2 Å². The Hall–Kier alpha value is -3.55. The van der Waals surface area contributed by atoms with Crippen LogP contribution in [0.5, 0.6) is 0 Å². The molecule has 31 heavy (non-hydrogen) atoms. The molecule has 162 valence electrons. The van der Waals surface area contributed by atoms with Crippen molar-refractivity contribution in [1.29, 1.82) is 5.26 Å². The highest BCUT2D eigenvalue weighted by molar-refractivity contribution is 5.96. The summed E-state index contributed by atoms with van der Waals surface area (Å²) in [4.78, 5) is 16.1. The Bertz CT molecular complexity index is 1150. The number of amides is 1. The molecule has 11 heteroatoms. The van der Waals surface area contributed by atoms with Crippen LogP contribution in [0.1, 0.15) is 47.4 Å². The van der Waals surface area contributed by atoms with Crippen LogP contribution < -0.4 is 10.6 Å². The van der Waals surface area contributed by atoms with Crippen molar-refractivity contribution < 1.29 is 18.0 Å². The van der Waals surface area contributed by atoms with Gasteiger partial charge in [-0.3, -0.25) is 13.9 Å². The molecule has 0 saturated heterocycles. The number of aromatic nitrogens is 4. The fraction of sp³-hybridized carbons (Fsp3) is 0.400. The third kappa shape index (κ3) is 4.33. The number of hydrogen-bond donors (Lipinski definition) is 2. The quantitative estimate of drug-likeness (QED) is 0.661. The van der Waals surface area contributed by atoms with Gasteiger partial charge in [0.2, 0.25) is 0 Å². The SMILES string of the molecule is Cn1cc(C(=O)N[C@H]2CC[C@@H](Nc3cccc4nc(C(F)(F)F)cn34)CC2)c(C#N)n1. The highest BCUT2D eigenvalue weighted by atomic mass is 19.4. The summed E-state index contributed by atoms with van der Waals surface area (Å²) in [5.41, 5.74) is -0.372. The number of nitriles is 1. The lowest BCUT2D eigenvalue weighted by Crippen LogP contribution is -2.40. The number of pyridine rings is 1. The van der Waals surface area contributed by atoms with E-state index in [0.717, 1.165) is 19.0 Å². The Balaban J connectivity index is 1.38. The van der Waals surface area contributed by atoms with Gasteiger partial charge in [0.25, 0.3) is 5.91 Å². The number of carbonyl (C=O) groups excluding carboxylic acids is 1. The minimum atomic E-state index is -4.50.